The molecule has 1 aliphatic heterocycles. The Labute approximate surface area is 144 Å². The molecule has 1 aromatic heterocycles. The quantitative estimate of drug-likeness (QED) is 0.864. The zero-order valence-corrected chi connectivity index (χ0v) is 14.7. The van der Waals surface area contributed by atoms with E-state index in [4.69, 9.17) is 0 Å². The molecule has 2 heterocycles. The Balaban J connectivity index is 1.71. The summed E-state index contributed by atoms with van der Waals surface area (Å²) in [6.07, 6.45) is 6.62. The van der Waals surface area contributed by atoms with Gasteiger partial charge in [0, 0.05) is 31.2 Å². The summed E-state index contributed by atoms with van der Waals surface area (Å²) in [4.78, 5) is 21.4. The molecule has 1 aromatic carbocycles. The molecule has 2 aromatic rings. The maximum Gasteiger partial charge on any atom is 0.239 e. The Morgan fingerprint density at radius 1 is 1.17 bits per heavy atom. The van der Waals surface area contributed by atoms with Gasteiger partial charge in [0.25, 0.3) is 0 Å². The van der Waals surface area contributed by atoms with Gasteiger partial charge in [-0.05, 0) is 44.5 Å². The van der Waals surface area contributed by atoms with Crippen LogP contribution in [0.15, 0.2) is 36.5 Å². The lowest BCUT2D eigenvalue weighted by Gasteiger charge is -2.30. The maximum atomic E-state index is 12.8. The van der Waals surface area contributed by atoms with Gasteiger partial charge in [-0.15, -0.1) is 0 Å². The minimum atomic E-state index is -0.102. The van der Waals surface area contributed by atoms with Crippen molar-refractivity contribution in [2.75, 3.05) is 20.1 Å². The van der Waals surface area contributed by atoms with Gasteiger partial charge in [0.05, 0.1) is 11.6 Å². The first kappa shape index (κ1) is 16.9. The predicted molar refractivity (Wildman–Crippen MR) is 97.7 cm³/mol. The molecule has 4 heteroatoms. The van der Waals surface area contributed by atoms with Gasteiger partial charge in [0.1, 0.15) is 0 Å². The highest BCUT2D eigenvalue weighted by Gasteiger charge is 2.24. The van der Waals surface area contributed by atoms with Crippen LogP contribution in [0.2, 0.25) is 0 Å². The summed E-state index contributed by atoms with van der Waals surface area (Å²) < 4.78 is 0. The number of pyridine rings is 1. The van der Waals surface area contributed by atoms with Gasteiger partial charge in [-0.25, -0.2) is 0 Å². The summed E-state index contributed by atoms with van der Waals surface area (Å²) in [5.74, 6) is 0.262. The number of hydrogen-bond donors (Lipinski definition) is 0. The minimum absolute atomic E-state index is 0.102. The zero-order valence-electron chi connectivity index (χ0n) is 14.7. The lowest BCUT2D eigenvalue weighted by molar-refractivity contribution is -0.136. The summed E-state index contributed by atoms with van der Waals surface area (Å²) in [7, 11) is 2.04. The van der Waals surface area contributed by atoms with Gasteiger partial charge in [-0.1, -0.05) is 31.0 Å². The second kappa shape index (κ2) is 7.75. The van der Waals surface area contributed by atoms with E-state index in [2.05, 4.69) is 26.9 Å². The second-order valence-electron chi connectivity index (χ2n) is 6.82. The van der Waals surface area contributed by atoms with Crippen LogP contribution in [0.5, 0.6) is 0 Å². The Morgan fingerprint density at radius 2 is 1.88 bits per heavy atom. The molecule has 24 heavy (non-hydrogen) atoms. The minimum Gasteiger partial charge on any atom is -0.341 e. The number of benzene rings is 1. The zero-order chi connectivity index (χ0) is 16.9. The number of para-hydroxylation sites is 1. The van der Waals surface area contributed by atoms with Crippen molar-refractivity contribution in [3.63, 3.8) is 0 Å². The summed E-state index contributed by atoms with van der Waals surface area (Å²) in [5.41, 5.74) is 2.23. The van der Waals surface area contributed by atoms with Gasteiger partial charge < -0.3 is 4.90 Å². The average Bonchev–Trinajstić information content (AvgIpc) is 2.90. The number of fused-ring (bicyclic) bond motifs is 1. The van der Waals surface area contributed by atoms with E-state index in [1.807, 2.05) is 38.4 Å². The topological polar surface area (TPSA) is 36.4 Å². The molecular formula is C20H27N3O. The van der Waals surface area contributed by atoms with E-state index in [1.165, 1.54) is 23.8 Å². The highest BCUT2D eigenvalue weighted by molar-refractivity contribution is 5.83. The molecule has 1 amide bonds. The third kappa shape index (κ3) is 3.75. The van der Waals surface area contributed by atoms with E-state index < -0.39 is 0 Å². The van der Waals surface area contributed by atoms with Crippen molar-refractivity contribution in [3.05, 3.63) is 42.1 Å². The van der Waals surface area contributed by atoms with Crippen LogP contribution in [0.3, 0.4) is 0 Å². The summed E-state index contributed by atoms with van der Waals surface area (Å²) in [6.45, 7) is 4.60. The largest absolute Gasteiger partial charge is 0.341 e. The van der Waals surface area contributed by atoms with Crippen molar-refractivity contribution < 1.29 is 4.79 Å². The molecule has 1 saturated heterocycles. The molecule has 1 aliphatic rings. The van der Waals surface area contributed by atoms with E-state index in [9.17, 15) is 4.79 Å². The third-order valence-electron chi connectivity index (χ3n) is 5.10. The third-order valence-corrected chi connectivity index (χ3v) is 5.10. The summed E-state index contributed by atoms with van der Waals surface area (Å²) in [6, 6.07) is 10.1. The van der Waals surface area contributed by atoms with Crippen LogP contribution in [-0.4, -0.2) is 46.9 Å². The monoisotopic (exact) mass is 325 g/mol. The number of nitrogens with zero attached hydrogens (tertiary/aromatic N) is 3. The van der Waals surface area contributed by atoms with Crippen molar-refractivity contribution in [1.82, 2.24) is 14.8 Å². The molecule has 1 atom stereocenters. The summed E-state index contributed by atoms with van der Waals surface area (Å²) >= 11 is 0. The number of amides is 1. The van der Waals surface area contributed by atoms with Gasteiger partial charge in [0.2, 0.25) is 5.91 Å². The van der Waals surface area contributed by atoms with Crippen LogP contribution < -0.4 is 0 Å². The molecule has 0 unspecified atom stereocenters. The van der Waals surface area contributed by atoms with Crippen molar-refractivity contribution in [2.24, 2.45) is 0 Å². The second-order valence-corrected chi connectivity index (χ2v) is 6.82. The smallest absolute Gasteiger partial charge is 0.239 e. The average molecular weight is 325 g/mol. The van der Waals surface area contributed by atoms with Crippen molar-refractivity contribution in [2.45, 2.75) is 45.2 Å². The lowest BCUT2D eigenvalue weighted by atomic mass is 10.1. The van der Waals surface area contributed by atoms with E-state index in [-0.39, 0.29) is 11.9 Å². The van der Waals surface area contributed by atoms with Crippen LogP contribution in [0.25, 0.3) is 10.9 Å². The Bertz CT molecular complexity index is 687. The molecule has 3 rings (SSSR count). The molecule has 0 radical (unpaired) electrons. The number of carbonyl (C=O) groups is 1. The first-order valence-corrected chi connectivity index (χ1v) is 8.98. The number of rotatable bonds is 4. The maximum absolute atomic E-state index is 12.8. The van der Waals surface area contributed by atoms with Crippen LogP contribution in [-0.2, 0) is 11.3 Å². The number of likely N-dealkylation sites (N-methyl/N-ethyl adjacent to an activating group) is 1. The first-order valence-electron chi connectivity index (χ1n) is 8.98. The SMILES string of the molecule is C[C@H](C(=O)N1CCCCCC1)N(C)Cc1ccnc2ccccc12. The molecule has 0 N–H and O–H groups in total. The van der Waals surface area contributed by atoms with E-state index in [0.29, 0.717) is 0 Å². The van der Waals surface area contributed by atoms with Gasteiger partial charge in [-0.2, -0.15) is 0 Å². The lowest BCUT2D eigenvalue weighted by Crippen LogP contribution is -2.45. The van der Waals surface area contributed by atoms with E-state index >= 15 is 0 Å². The van der Waals surface area contributed by atoms with Crippen LogP contribution in [0.1, 0.15) is 38.2 Å². The Hall–Kier alpha value is -1.94. The molecule has 0 aliphatic carbocycles. The molecule has 4 nitrogen and oxygen atoms in total. The Kier molecular flexibility index (Phi) is 5.46. The highest BCUT2D eigenvalue weighted by Crippen LogP contribution is 2.19. The van der Waals surface area contributed by atoms with Crippen LogP contribution in [0, 0.1) is 0 Å². The van der Waals surface area contributed by atoms with Crippen LogP contribution >= 0.6 is 0 Å². The number of carbonyl (C=O) groups excluding carboxylic acids is 1. The van der Waals surface area contributed by atoms with Crippen molar-refractivity contribution in [1.29, 1.82) is 0 Å². The van der Waals surface area contributed by atoms with Gasteiger partial charge >= 0.3 is 0 Å². The normalized spacial score (nSPS) is 17.0. The molecule has 0 saturated carbocycles. The number of likely N-dealkylation sites (tertiary alicyclic amines) is 1. The van der Waals surface area contributed by atoms with Gasteiger partial charge in [0.15, 0.2) is 0 Å². The standard InChI is InChI=1S/C20H27N3O/c1-16(20(24)23-13-7-3-4-8-14-23)22(2)15-17-11-12-21-19-10-6-5-9-18(17)19/h5-6,9-12,16H,3-4,7-8,13-15H2,1-2H3/t16-/m1/s1. The summed E-state index contributed by atoms with van der Waals surface area (Å²) in [5, 5.41) is 1.17. The Morgan fingerprint density at radius 3 is 2.62 bits per heavy atom. The fraction of sp³-hybridized carbons (Fsp3) is 0.500. The van der Waals surface area contributed by atoms with Crippen molar-refractivity contribution >= 4 is 16.8 Å². The molecule has 128 valence electrons. The molecule has 1 fully saturated rings. The van der Waals surface area contributed by atoms with Crippen LogP contribution in [0.4, 0.5) is 0 Å². The molecule has 0 bridgehead atoms. The van der Waals surface area contributed by atoms with E-state index in [0.717, 1.165) is 38.0 Å². The van der Waals surface area contributed by atoms with E-state index in [1.54, 1.807) is 0 Å². The van der Waals surface area contributed by atoms with Gasteiger partial charge in [-0.3, -0.25) is 14.7 Å². The molecular weight excluding hydrogens is 298 g/mol. The molecule has 0 spiro atoms. The fourth-order valence-corrected chi connectivity index (χ4v) is 3.44. The number of hydrogen-bond acceptors (Lipinski definition) is 3. The fourth-order valence-electron chi connectivity index (χ4n) is 3.44. The number of aromatic nitrogens is 1. The van der Waals surface area contributed by atoms with Crippen molar-refractivity contribution in [3.8, 4) is 0 Å². The first-order chi connectivity index (χ1) is 11.7. The predicted octanol–water partition coefficient (Wildman–Crippen LogP) is 3.46. The highest BCUT2D eigenvalue weighted by atomic mass is 16.2.